The molecule has 1 N–H and O–H groups in total. The summed E-state index contributed by atoms with van der Waals surface area (Å²) < 4.78 is 0. The Balaban J connectivity index is 1.40. The van der Waals surface area contributed by atoms with Gasteiger partial charge in [-0.15, -0.1) is 11.3 Å². The van der Waals surface area contributed by atoms with Gasteiger partial charge in [-0.05, 0) is 43.0 Å². The number of aromatic nitrogens is 2. The van der Waals surface area contributed by atoms with E-state index in [4.69, 9.17) is 0 Å². The number of piperazine rings is 1. The van der Waals surface area contributed by atoms with Gasteiger partial charge in [-0.25, -0.2) is 9.97 Å². The van der Waals surface area contributed by atoms with Crippen molar-refractivity contribution in [3.05, 3.63) is 59.2 Å². The van der Waals surface area contributed by atoms with Crippen LogP contribution in [0.1, 0.15) is 23.1 Å². The van der Waals surface area contributed by atoms with Gasteiger partial charge in [0.05, 0.1) is 0 Å². The van der Waals surface area contributed by atoms with Crippen LogP contribution in [0.3, 0.4) is 0 Å². The Morgan fingerprint density at radius 1 is 1.10 bits per heavy atom. The number of aryl methyl sites for hydroxylation is 1. The number of hydrogen-bond donors (Lipinski definition) is 1. The molecular weight excluding hydrogens is 382 g/mol. The number of hydrogen-bond acceptors (Lipinski definition) is 6. The number of rotatable bonds is 5. The van der Waals surface area contributed by atoms with Crippen LogP contribution in [0.25, 0.3) is 10.4 Å². The lowest BCUT2D eigenvalue weighted by molar-refractivity contribution is 0.0746. The van der Waals surface area contributed by atoms with Gasteiger partial charge in [-0.1, -0.05) is 18.2 Å². The summed E-state index contributed by atoms with van der Waals surface area (Å²) in [5, 5.41) is 5.31. The molecule has 3 heterocycles. The molecule has 0 bridgehead atoms. The number of nitrogens with zero attached hydrogens (tertiary/aromatic N) is 4. The normalized spacial score (nSPS) is 14.1. The van der Waals surface area contributed by atoms with Gasteiger partial charge in [-0.2, -0.15) is 0 Å². The van der Waals surface area contributed by atoms with Crippen LogP contribution in [0, 0.1) is 6.92 Å². The first-order valence-electron chi connectivity index (χ1n) is 9.92. The maximum absolute atomic E-state index is 12.9. The average molecular weight is 408 g/mol. The van der Waals surface area contributed by atoms with Crippen LogP contribution in [0.4, 0.5) is 11.6 Å². The molecule has 1 aliphatic heterocycles. The molecule has 6 nitrogen and oxygen atoms in total. The summed E-state index contributed by atoms with van der Waals surface area (Å²) in [6, 6.07) is 14.0. The molecule has 150 valence electrons. The van der Waals surface area contributed by atoms with Gasteiger partial charge in [-0.3, -0.25) is 4.79 Å². The van der Waals surface area contributed by atoms with Gasteiger partial charge in [0.1, 0.15) is 17.5 Å². The van der Waals surface area contributed by atoms with Crippen molar-refractivity contribution in [1.29, 1.82) is 0 Å². The van der Waals surface area contributed by atoms with Crippen LogP contribution >= 0.6 is 11.3 Å². The minimum absolute atomic E-state index is 0.0922. The summed E-state index contributed by atoms with van der Waals surface area (Å²) in [6.07, 6.45) is 0. The molecule has 1 aromatic carbocycles. The zero-order valence-corrected chi connectivity index (χ0v) is 17.6. The molecule has 0 aliphatic carbocycles. The van der Waals surface area contributed by atoms with Gasteiger partial charge in [0.2, 0.25) is 0 Å². The SMILES string of the molecule is CCNc1cc(N2CCN(C(=O)c3ccc(-c4cccs4)cc3)CC2)nc(C)n1. The van der Waals surface area contributed by atoms with Crippen LogP contribution in [-0.2, 0) is 0 Å². The van der Waals surface area contributed by atoms with Gasteiger partial charge < -0.3 is 15.1 Å². The standard InChI is InChI=1S/C22H25N5OS/c1-3-23-20-15-21(25-16(2)24-20)26-10-12-27(13-11-26)22(28)18-8-6-17(7-9-18)19-5-4-14-29-19/h4-9,14-15H,3,10-13H2,1-2H3,(H,23,24,25). The smallest absolute Gasteiger partial charge is 0.253 e. The highest BCUT2D eigenvalue weighted by Gasteiger charge is 2.23. The predicted molar refractivity (Wildman–Crippen MR) is 119 cm³/mol. The molecular formula is C22H25N5OS. The zero-order chi connectivity index (χ0) is 20.2. The topological polar surface area (TPSA) is 61.4 Å². The Morgan fingerprint density at radius 2 is 1.86 bits per heavy atom. The molecule has 3 aromatic rings. The summed E-state index contributed by atoms with van der Waals surface area (Å²) in [5.41, 5.74) is 1.89. The number of thiophene rings is 1. The fraction of sp³-hybridized carbons (Fsp3) is 0.318. The summed E-state index contributed by atoms with van der Waals surface area (Å²) in [5.74, 6) is 2.61. The molecule has 0 atom stereocenters. The van der Waals surface area contributed by atoms with E-state index in [2.05, 4.69) is 38.6 Å². The molecule has 0 radical (unpaired) electrons. The van der Waals surface area contributed by atoms with E-state index in [1.165, 1.54) is 4.88 Å². The predicted octanol–water partition coefficient (Wildman–Crippen LogP) is 3.91. The first-order chi connectivity index (χ1) is 14.1. The average Bonchev–Trinajstić information content (AvgIpc) is 3.28. The van der Waals surface area contributed by atoms with Crippen LogP contribution in [0.5, 0.6) is 0 Å². The van der Waals surface area contributed by atoms with E-state index < -0.39 is 0 Å². The van der Waals surface area contributed by atoms with Gasteiger partial charge in [0.25, 0.3) is 5.91 Å². The van der Waals surface area contributed by atoms with Crippen LogP contribution in [0.15, 0.2) is 47.8 Å². The van der Waals surface area contributed by atoms with Crippen LogP contribution < -0.4 is 10.2 Å². The number of benzene rings is 1. The third kappa shape index (κ3) is 4.40. The molecule has 1 amide bonds. The molecule has 0 spiro atoms. The van der Waals surface area contributed by atoms with E-state index in [1.54, 1.807) is 11.3 Å². The van der Waals surface area contributed by atoms with Crippen LogP contribution in [0.2, 0.25) is 0 Å². The first kappa shape index (κ1) is 19.4. The number of nitrogens with one attached hydrogen (secondary N) is 1. The molecule has 0 unspecified atom stereocenters. The Hall–Kier alpha value is -2.93. The lowest BCUT2D eigenvalue weighted by Gasteiger charge is -2.35. The number of carbonyl (C=O) groups excluding carboxylic acids is 1. The molecule has 2 aromatic heterocycles. The van der Waals surface area contributed by atoms with E-state index in [0.29, 0.717) is 13.1 Å². The highest BCUT2D eigenvalue weighted by Crippen LogP contribution is 2.25. The second-order valence-electron chi connectivity index (χ2n) is 7.02. The van der Waals surface area contributed by atoms with Crippen molar-refractivity contribution in [3.63, 3.8) is 0 Å². The third-order valence-electron chi connectivity index (χ3n) is 5.01. The highest BCUT2D eigenvalue weighted by atomic mass is 32.1. The third-order valence-corrected chi connectivity index (χ3v) is 5.93. The maximum atomic E-state index is 12.9. The Morgan fingerprint density at radius 3 is 2.52 bits per heavy atom. The van der Waals surface area contributed by atoms with Crippen molar-refractivity contribution in [2.45, 2.75) is 13.8 Å². The zero-order valence-electron chi connectivity index (χ0n) is 16.8. The fourth-order valence-corrected chi connectivity index (χ4v) is 4.26. The summed E-state index contributed by atoms with van der Waals surface area (Å²) in [7, 11) is 0. The lowest BCUT2D eigenvalue weighted by Crippen LogP contribution is -2.49. The molecule has 0 saturated carbocycles. The largest absolute Gasteiger partial charge is 0.370 e. The molecule has 29 heavy (non-hydrogen) atoms. The lowest BCUT2D eigenvalue weighted by atomic mass is 10.1. The minimum Gasteiger partial charge on any atom is -0.370 e. The van der Waals surface area contributed by atoms with Gasteiger partial charge in [0.15, 0.2) is 0 Å². The van der Waals surface area contributed by atoms with Gasteiger partial charge in [0, 0.05) is 49.2 Å². The maximum Gasteiger partial charge on any atom is 0.253 e. The van der Waals surface area contributed by atoms with E-state index in [0.717, 1.165) is 48.2 Å². The summed E-state index contributed by atoms with van der Waals surface area (Å²) >= 11 is 1.71. The van der Waals surface area contributed by atoms with Crippen molar-refractivity contribution < 1.29 is 4.79 Å². The van der Waals surface area contributed by atoms with Crippen molar-refractivity contribution in [2.24, 2.45) is 0 Å². The molecule has 7 heteroatoms. The van der Waals surface area contributed by atoms with E-state index in [-0.39, 0.29) is 5.91 Å². The quantitative estimate of drug-likeness (QED) is 0.695. The highest BCUT2D eigenvalue weighted by molar-refractivity contribution is 7.13. The monoisotopic (exact) mass is 407 g/mol. The van der Waals surface area contributed by atoms with Crippen molar-refractivity contribution in [2.75, 3.05) is 42.9 Å². The van der Waals surface area contributed by atoms with Crippen molar-refractivity contribution in [3.8, 4) is 10.4 Å². The summed E-state index contributed by atoms with van der Waals surface area (Å²) in [6.45, 7) is 7.68. The minimum atomic E-state index is 0.0922. The molecule has 1 aliphatic rings. The Labute approximate surface area is 175 Å². The van der Waals surface area contributed by atoms with Crippen molar-refractivity contribution >= 4 is 28.9 Å². The van der Waals surface area contributed by atoms with E-state index in [9.17, 15) is 4.79 Å². The number of amides is 1. The first-order valence-corrected chi connectivity index (χ1v) is 10.8. The summed E-state index contributed by atoms with van der Waals surface area (Å²) in [4.78, 5) is 27.3. The molecule has 4 rings (SSSR count). The number of carbonyl (C=O) groups is 1. The number of anilines is 2. The second kappa shape index (κ2) is 8.61. The van der Waals surface area contributed by atoms with E-state index in [1.807, 2.05) is 48.2 Å². The van der Waals surface area contributed by atoms with Gasteiger partial charge >= 0.3 is 0 Å². The Kier molecular flexibility index (Phi) is 5.76. The van der Waals surface area contributed by atoms with Crippen LogP contribution in [-0.4, -0.2) is 53.5 Å². The Bertz CT molecular complexity index is 963. The van der Waals surface area contributed by atoms with E-state index >= 15 is 0 Å². The molecule has 1 fully saturated rings. The van der Waals surface area contributed by atoms with Crippen molar-refractivity contribution in [1.82, 2.24) is 14.9 Å². The second-order valence-corrected chi connectivity index (χ2v) is 7.97. The molecule has 1 saturated heterocycles. The fourth-order valence-electron chi connectivity index (χ4n) is 3.53.